The van der Waals surface area contributed by atoms with Crippen LogP contribution in [0.2, 0.25) is 0 Å². The lowest BCUT2D eigenvalue weighted by Crippen LogP contribution is -2.67. The molecule has 0 aliphatic carbocycles. The summed E-state index contributed by atoms with van der Waals surface area (Å²) in [6.45, 7) is 4.58. The first-order chi connectivity index (χ1) is 15.9. The van der Waals surface area contributed by atoms with Crippen molar-refractivity contribution in [1.82, 2.24) is 14.7 Å². The van der Waals surface area contributed by atoms with Crippen LogP contribution in [0, 0.1) is 0 Å². The summed E-state index contributed by atoms with van der Waals surface area (Å²) < 4.78 is 0. The van der Waals surface area contributed by atoms with Crippen molar-refractivity contribution in [2.75, 3.05) is 40.3 Å². The van der Waals surface area contributed by atoms with Crippen molar-refractivity contribution in [2.45, 2.75) is 44.2 Å². The van der Waals surface area contributed by atoms with Crippen molar-refractivity contribution in [1.29, 1.82) is 0 Å². The average molecular weight is 450 g/mol. The third kappa shape index (κ3) is 4.68. The lowest BCUT2D eigenvalue weighted by molar-refractivity contribution is -0.136. The van der Waals surface area contributed by atoms with Crippen LogP contribution in [0.3, 0.4) is 0 Å². The first-order valence-corrected chi connectivity index (χ1v) is 12.0. The molecule has 2 aliphatic heterocycles. The second-order valence-corrected chi connectivity index (χ2v) is 9.38. The van der Waals surface area contributed by atoms with Gasteiger partial charge in [-0.25, -0.2) is 0 Å². The van der Waals surface area contributed by atoms with Gasteiger partial charge in [-0.2, -0.15) is 0 Å². The highest BCUT2D eigenvalue weighted by atomic mass is 16.3. The lowest BCUT2D eigenvalue weighted by atomic mass is 9.74. The molecule has 3 atom stereocenters. The Morgan fingerprint density at radius 3 is 2.42 bits per heavy atom. The topological polar surface area (TPSA) is 64.1 Å². The molecule has 0 spiro atoms. The second kappa shape index (κ2) is 10.1. The smallest absolute Gasteiger partial charge is 0.253 e. The van der Waals surface area contributed by atoms with E-state index in [4.69, 9.17) is 0 Å². The van der Waals surface area contributed by atoms with Gasteiger partial charge in [0, 0.05) is 57.2 Å². The third-order valence-electron chi connectivity index (χ3n) is 7.17. The summed E-state index contributed by atoms with van der Waals surface area (Å²) in [6, 6.07) is 16.5. The quantitative estimate of drug-likeness (QED) is 0.761. The highest BCUT2D eigenvalue weighted by Gasteiger charge is 2.49. The molecule has 0 bridgehead atoms. The molecule has 1 N–H and O–H groups in total. The number of nitrogens with zero attached hydrogens (tertiary/aromatic N) is 3. The Labute approximate surface area is 196 Å². The highest BCUT2D eigenvalue weighted by molar-refractivity contribution is 5.95. The Hall–Kier alpha value is -2.70. The lowest BCUT2D eigenvalue weighted by Gasteiger charge is -2.57. The van der Waals surface area contributed by atoms with Gasteiger partial charge in [0.1, 0.15) is 0 Å². The molecule has 0 unspecified atom stereocenters. The number of hydrogen-bond acceptors (Lipinski definition) is 4. The molecule has 6 heteroatoms. The number of carbonyl (C=O) groups excluding carboxylic acids is 2. The maximum Gasteiger partial charge on any atom is 0.253 e. The van der Waals surface area contributed by atoms with E-state index in [-0.39, 0.29) is 36.4 Å². The normalized spacial score (nSPS) is 23.2. The van der Waals surface area contributed by atoms with Crippen LogP contribution >= 0.6 is 0 Å². The van der Waals surface area contributed by atoms with E-state index in [0.29, 0.717) is 12.0 Å². The molecular formula is C27H35N3O3. The zero-order valence-corrected chi connectivity index (χ0v) is 19.9. The molecule has 0 saturated carbocycles. The van der Waals surface area contributed by atoms with E-state index in [1.807, 2.05) is 36.1 Å². The SMILES string of the molecule is CCC(=O)N1CCCCN2[C@@H](CO)[C@@H](c3ccc(-c4cccc(C(=O)N(C)C)c4)cc3)[C@@H]2C1. The number of hydrogen-bond donors (Lipinski definition) is 1. The van der Waals surface area contributed by atoms with E-state index >= 15 is 0 Å². The fraction of sp³-hybridized carbons (Fsp3) is 0.481. The van der Waals surface area contributed by atoms with Crippen LogP contribution in [0.15, 0.2) is 48.5 Å². The Balaban J connectivity index is 1.57. The Morgan fingerprint density at radius 2 is 1.76 bits per heavy atom. The van der Waals surface area contributed by atoms with Gasteiger partial charge in [-0.15, -0.1) is 0 Å². The van der Waals surface area contributed by atoms with Crippen molar-refractivity contribution < 1.29 is 14.7 Å². The van der Waals surface area contributed by atoms with Gasteiger partial charge in [0.2, 0.25) is 5.91 Å². The molecule has 2 aliphatic rings. The van der Waals surface area contributed by atoms with E-state index in [9.17, 15) is 14.7 Å². The average Bonchev–Trinajstić information content (AvgIpc) is 2.82. The minimum Gasteiger partial charge on any atom is -0.395 e. The first-order valence-electron chi connectivity index (χ1n) is 12.0. The molecule has 2 saturated heterocycles. The monoisotopic (exact) mass is 449 g/mol. The van der Waals surface area contributed by atoms with Crippen molar-refractivity contribution >= 4 is 11.8 Å². The fourth-order valence-corrected chi connectivity index (χ4v) is 5.38. The van der Waals surface area contributed by atoms with Crippen LogP contribution in [0.1, 0.15) is 48.0 Å². The summed E-state index contributed by atoms with van der Waals surface area (Å²) in [4.78, 5) is 30.8. The molecule has 2 amide bonds. The summed E-state index contributed by atoms with van der Waals surface area (Å²) in [6.07, 6.45) is 2.60. The van der Waals surface area contributed by atoms with Gasteiger partial charge >= 0.3 is 0 Å². The maximum absolute atomic E-state index is 12.5. The van der Waals surface area contributed by atoms with E-state index in [2.05, 4.69) is 29.2 Å². The number of aliphatic hydroxyl groups is 1. The number of rotatable bonds is 5. The molecule has 0 radical (unpaired) electrons. The van der Waals surface area contributed by atoms with E-state index < -0.39 is 0 Å². The van der Waals surface area contributed by atoms with Crippen molar-refractivity contribution in [3.8, 4) is 11.1 Å². The van der Waals surface area contributed by atoms with Crippen LogP contribution in [-0.2, 0) is 4.79 Å². The summed E-state index contributed by atoms with van der Waals surface area (Å²) in [5.74, 6) is 0.408. The molecule has 2 heterocycles. The summed E-state index contributed by atoms with van der Waals surface area (Å²) in [5.41, 5.74) is 3.94. The Kier molecular flexibility index (Phi) is 7.15. The first kappa shape index (κ1) is 23.5. The molecule has 0 aromatic heterocycles. The highest BCUT2D eigenvalue weighted by Crippen LogP contribution is 2.42. The minimum absolute atomic E-state index is 0.00993. The molecular weight excluding hydrogens is 414 g/mol. The molecule has 33 heavy (non-hydrogen) atoms. The maximum atomic E-state index is 12.5. The number of benzene rings is 2. The second-order valence-electron chi connectivity index (χ2n) is 9.38. The van der Waals surface area contributed by atoms with Gasteiger partial charge in [0.15, 0.2) is 0 Å². The van der Waals surface area contributed by atoms with Gasteiger partial charge in [-0.1, -0.05) is 43.3 Å². The van der Waals surface area contributed by atoms with Gasteiger partial charge < -0.3 is 14.9 Å². The van der Waals surface area contributed by atoms with Crippen LogP contribution in [0.4, 0.5) is 0 Å². The van der Waals surface area contributed by atoms with Crippen molar-refractivity contribution in [3.63, 3.8) is 0 Å². The summed E-state index contributed by atoms with van der Waals surface area (Å²) in [5, 5.41) is 10.1. The van der Waals surface area contributed by atoms with Crippen LogP contribution in [0.25, 0.3) is 11.1 Å². The van der Waals surface area contributed by atoms with Gasteiger partial charge in [-0.3, -0.25) is 14.5 Å². The fourth-order valence-electron chi connectivity index (χ4n) is 5.38. The Morgan fingerprint density at radius 1 is 1.03 bits per heavy atom. The van der Waals surface area contributed by atoms with Crippen LogP contribution < -0.4 is 0 Å². The Bertz CT molecular complexity index is 988. The predicted molar refractivity (Wildman–Crippen MR) is 130 cm³/mol. The zero-order chi connectivity index (χ0) is 23.5. The van der Waals surface area contributed by atoms with Crippen molar-refractivity contribution in [3.05, 3.63) is 59.7 Å². The van der Waals surface area contributed by atoms with E-state index in [1.165, 1.54) is 5.56 Å². The van der Waals surface area contributed by atoms with Gasteiger partial charge in [0.05, 0.1) is 6.61 Å². The minimum atomic E-state index is -0.00993. The van der Waals surface area contributed by atoms with E-state index in [1.54, 1.807) is 19.0 Å². The number of aliphatic hydroxyl groups excluding tert-OH is 1. The van der Waals surface area contributed by atoms with Crippen LogP contribution in [-0.4, -0.2) is 84.0 Å². The molecule has 176 valence electrons. The summed E-state index contributed by atoms with van der Waals surface area (Å²) in [7, 11) is 3.52. The molecule has 4 rings (SSSR count). The van der Waals surface area contributed by atoms with Crippen LogP contribution in [0.5, 0.6) is 0 Å². The number of carbonyl (C=O) groups is 2. The molecule has 2 fully saturated rings. The molecule has 2 aromatic rings. The predicted octanol–water partition coefficient (Wildman–Crippen LogP) is 3.22. The number of fused-ring (bicyclic) bond motifs is 1. The molecule has 2 aromatic carbocycles. The van der Waals surface area contributed by atoms with Gasteiger partial charge in [0.25, 0.3) is 5.91 Å². The molecule has 6 nitrogen and oxygen atoms in total. The van der Waals surface area contributed by atoms with E-state index in [0.717, 1.165) is 43.6 Å². The standard InChI is InChI=1S/C27H35N3O3/c1-4-25(32)29-14-5-6-15-30-23(17-29)26(24(30)18-31)20-12-10-19(11-13-20)21-8-7-9-22(16-21)27(33)28(2)3/h7-13,16,23-24,26,31H,4-6,14-15,17-18H2,1-3H3/t23-,24-,26-/m0/s1. The largest absolute Gasteiger partial charge is 0.395 e. The summed E-state index contributed by atoms with van der Waals surface area (Å²) >= 11 is 0. The number of amides is 2. The van der Waals surface area contributed by atoms with Crippen molar-refractivity contribution in [2.24, 2.45) is 0 Å². The zero-order valence-electron chi connectivity index (χ0n) is 19.9. The van der Waals surface area contributed by atoms with Gasteiger partial charge in [-0.05, 0) is 48.2 Å². The third-order valence-corrected chi connectivity index (χ3v) is 7.17.